The van der Waals surface area contributed by atoms with Gasteiger partial charge in [-0.05, 0) is 0 Å². The van der Waals surface area contributed by atoms with Gasteiger partial charge in [0.25, 0.3) is 0 Å². The Hall–Kier alpha value is -0.800. The molecule has 0 aliphatic rings. The minimum atomic E-state index is -0.195. The molecular formula is C7H6Cl2N2O. The molecule has 0 aliphatic carbocycles. The highest BCUT2D eigenvalue weighted by Crippen LogP contribution is 2.22. The summed E-state index contributed by atoms with van der Waals surface area (Å²) in [4.78, 5) is 14.4. The van der Waals surface area contributed by atoms with Gasteiger partial charge in [-0.25, -0.2) is 4.98 Å². The number of nitrogens with one attached hydrogen (secondary N) is 1. The monoisotopic (exact) mass is 204 g/mol. The van der Waals surface area contributed by atoms with E-state index in [0.29, 0.717) is 15.9 Å². The highest BCUT2D eigenvalue weighted by Gasteiger charge is 2.02. The maximum absolute atomic E-state index is 10.6. The molecular weight excluding hydrogens is 199 g/mol. The number of carbonyl (C=O) groups is 1. The first-order valence-electron chi connectivity index (χ1n) is 3.18. The van der Waals surface area contributed by atoms with E-state index in [-0.39, 0.29) is 5.91 Å². The summed E-state index contributed by atoms with van der Waals surface area (Å²) in [5, 5.41) is 3.18. The first-order chi connectivity index (χ1) is 5.59. The van der Waals surface area contributed by atoms with Crippen molar-refractivity contribution in [2.24, 2.45) is 0 Å². The second kappa shape index (κ2) is 3.74. The molecule has 5 heteroatoms. The molecule has 1 aromatic heterocycles. The van der Waals surface area contributed by atoms with Gasteiger partial charge in [-0.2, -0.15) is 0 Å². The quantitative estimate of drug-likeness (QED) is 0.715. The molecule has 0 atom stereocenters. The maximum atomic E-state index is 10.6. The molecule has 0 saturated carbocycles. The standard InChI is InChI=1S/C7H6Cl2N2O/c1-4(12)11-6-2-7(9)10-3-5(6)8/h2-3H,1H3,(H,10,11,12). The molecule has 1 rings (SSSR count). The van der Waals surface area contributed by atoms with Gasteiger partial charge in [0.2, 0.25) is 5.91 Å². The first kappa shape index (κ1) is 9.29. The van der Waals surface area contributed by atoms with Gasteiger partial charge < -0.3 is 5.32 Å². The highest BCUT2D eigenvalue weighted by atomic mass is 35.5. The highest BCUT2D eigenvalue weighted by molar-refractivity contribution is 6.35. The van der Waals surface area contributed by atoms with Crippen molar-refractivity contribution in [3.63, 3.8) is 0 Å². The average Bonchev–Trinajstić information content (AvgIpc) is 1.96. The van der Waals surface area contributed by atoms with E-state index >= 15 is 0 Å². The number of anilines is 1. The largest absolute Gasteiger partial charge is 0.325 e. The third-order valence-corrected chi connectivity index (χ3v) is 1.64. The van der Waals surface area contributed by atoms with Gasteiger partial charge in [-0.15, -0.1) is 0 Å². The predicted octanol–water partition coefficient (Wildman–Crippen LogP) is 2.35. The number of carbonyl (C=O) groups excluding carboxylic acids is 1. The lowest BCUT2D eigenvalue weighted by atomic mass is 10.4. The average molecular weight is 205 g/mol. The summed E-state index contributed by atoms with van der Waals surface area (Å²) < 4.78 is 0. The van der Waals surface area contributed by atoms with Crippen molar-refractivity contribution < 1.29 is 4.79 Å². The molecule has 3 nitrogen and oxygen atoms in total. The molecule has 0 fully saturated rings. The third kappa shape index (κ3) is 2.36. The van der Waals surface area contributed by atoms with Gasteiger partial charge in [0.1, 0.15) is 5.15 Å². The number of nitrogens with zero attached hydrogens (tertiary/aromatic N) is 1. The smallest absolute Gasteiger partial charge is 0.221 e. The van der Waals surface area contributed by atoms with Gasteiger partial charge in [0, 0.05) is 19.2 Å². The lowest BCUT2D eigenvalue weighted by molar-refractivity contribution is -0.114. The van der Waals surface area contributed by atoms with Crippen molar-refractivity contribution in [2.45, 2.75) is 6.92 Å². The van der Waals surface area contributed by atoms with Gasteiger partial charge in [0.15, 0.2) is 0 Å². The van der Waals surface area contributed by atoms with E-state index in [1.54, 1.807) is 0 Å². The molecule has 1 heterocycles. The number of rotatable bonds is 1. The number of hydrogen-bond acceptors (Lipinski definition) is 2. The lowest BCUT2D eigenvalue weighted by Gasteiger charge is -2.03. The van der Waals surface area contributed by atoms with Gasteiger partial charge in [0.05, 0.1) is 10.7 Å². The molecule has 1 N–H and O–H groups in total. The second-order valence-electron chi connectivity index (χ2n) is 2.17. The van der Waals surface area contributed by atoms with Gasteiger partial charge in [-0.3, -0.25) is 4.79 Å². The Morgan fingerprint density at radius 3 is 2.83 bits per heavy atom. The number of aromatic nitrogens is 1. The maximum Gasteiger partial charge on any atom is 0.221 e. The van der Waals surface area contributed by atoms with Crippen LogP contribution in [0.5, 0.6) is 0 Å². The van der Waals surface area contributed by atoms with E-state index in [2.05, 4.69) is 10.3 Å². The topological polar surface area (TPSA) is 42.0 Å². The van der Waals surface area contributed by atoms with E-state index in [4.69, 9.17) is 23.2 Å². The van der Waals surface area contributed by atoms with Crippen LogP contribution in [0.15, 0.2) is 12.3 Å². The molecule has 1 aromatic rings. The van der Waals surface area contributed by atoms with Crippen molar-refractivity contribution in [1.82, 2.24) is 4.98 Å². The molecule has 0 radical (unpaired) electrons. The van der Waals surface area contributed by atoms with Crippen molar-refractivity contribution in [3.8, 4) is 0 Å². The zero-order chi connectivity index (χ0) is 9.14. The van der Waals surface area contributed by atoms with E-state index in [0.717, 1.165) is 0 Å². The van der Waals surface area contributed by atoms with Crippen LogP contribution < -0.4 is 5.32 Å². The first-order valence-corrected chi connectivity index (χ1v) is 3.94. The summed E-state index contributed by atoms with van der Waals surface area (Å²) in [5.74, 6) is -0.195. The minimum absolute atomic E-state index is 0.195. The summed E-state index contributed by atoms with van der Waals surface area (Å²) in [6.45, 7) is 1.39. The summed E-state index contributed by atoms with van der Waals surface area (Å²) in [5.41, 5.74) is 0.476. The molecule has 0 spiro atoms. The normalized spacial score (nSPS) is 9.58. The van der Waals surface area contributed by atoms with E-state index in [1.807, 2.05) is 0 Å². The Morgan fingerprint density at radius 2 is 2.25 bits per heavy atom. The molecule has 0 aliphatic heterocycles. The van der Waals surface area contributed by atoms with E-state index in [1.165, 1.54) is 19.2 Å². The van der Waals surface area contributed by atoms with E-state index < -0.39 is 0 Å². The molecule has 0 saturated heterocycles. The zero-order valence-electron chi connectivity index (χ0n) is 6.27. The third-order valence-electron chi connectivity index (χ3n) is 1.13. The van der Waals surface area contributed by atoms with Gasteiger partial charge >= 0.3 is 0 Å². The molecule has 12 heavy (non-hydrogen) atoms. The zero-order valence-corrected chi connectivity index (χ0v) is 7.78. The van der Waals surface area contributed by atoms with Crippen molar-refractivity contribution >= 4 is 34.8 Å². The van der Waals surface area contributed by atoms with E-state index in [9.17, 15) is 4.79 Å². The summed E-state index contributed by atoms with van der Waals surface area (Å²) >= 11 is 11.3. The van der Waals surface area contributed by atoms with Crippen LogP contribution in [0.4, 0.5) is 5.69 Å². The van der Waals surface area contributed by atoms with Crippen molar-refractivity contribution in [1.29, 1.82) is 0 Å². The van der Waals surface area contributed by atoms with Crippen LogP contribution in [-0.4, -0.2) is 10.9 Å². The lowest BCUT2D eigenvalue weighted by Crippen LogP contribution is -2.06. The predicted molar refractivity (Wildman–Crippen MR) is 48.6 cm³/mol. The Bertz CT molecular complexity index is 314. The van der Waals surface area contributed by atoms with Crippen molar-refractivity contribution in [3.05, 3.63) is 22.4 Å². The Morgan fingerprint density at radius 1 is 1.58 bits per heavy atom. The Labute approximate surface area is 79.7 Å². The fraction of sp³-hybridized carbons (Fsp3) is 0.143. The molecule has 64 valence electrons. The summed E-state index contributed by atoms with van der Waals surface area (Å²) in [6, 6.07) is 1.49. The van der Waals surface area contributed by atoms with Crippen LogP contribution >= 0.6 is 23.2 Å². The number of halogens is 2. The fourth-order valence-corrected chi connectivity index (χ4v) is 1.01. The molecule has 0 bridgehead atoms. The Kier molecular flexibility index (Phi) is 2.89. The minimum Gasteiger partial charge on any atom is -0.325 e. The van der Waals surface area contributed by atoms with Crippen LogP contribution in [0.25, 0.3) is 0 Å². The number of pyridine rings is 1. The van der Waals surface area contributed by atoms with Crippen LogP contribution in [0.3, 0.4) is 0 Å². The van der Waals surface area contributed by atoms with Crippen LogP contribution in [0.1, 0.15) is 6.92 Å². The van der Waals surface area contributed by atoms with Gasteiger partial charge in [-0.1, -0.05) is 23.2 Å². The SMILES string of the molecule is CC(=O)Nc1cc(Cl)ncc1Cl. The summed E-state index contributed by atoms with van der Waals surface area (Å²) in [7, 11) is 0. The molecule has 0 aromatic carbocycles. The van der Waals surface area contributed by atoms with Crippen LogP contribution in [-0.2, 0) is 4.79 Å². The van der Waals surface area contributed by atoms with Crippen LogP contribution in [0, 0.1) is 0 Å². The second-order valence-corrected chi connectivity index (χ2v) is 2.96. The summed E-state index contributed by atoms with van der Waals surface area (Å²) in [6.07, 6.45) is 1.38. The Balaban J connectivity index is 2.97. The number of hydrogen-bond donors (Lipinski definition) is 1. The molecule has 1 amide bonds. The molecule has 0 unspecified atom stereocenters. The van der Waals surface area contributed by atoms with Crippen LogP contribution in [0.2, 0.25) is 10.2 Å². The fourth-order valence-electron chi connectivity index (χ4n) is 0.699. The van der Waals surface area contributed by atoms with Crippen molar-refractivity contribution in [2.75, 3.05) is 5.32 Å². The number of amides is 1.